The number of aromatic hydroxyl groups is 1. The van der Waals surface area contributed by atoms with Crippen molar-refractivity contribution in [2.45, 2.75) is 45.1 Å². The highest BCUT2D eigenvalue weighted by Crippen LogP contribution is 2.39. The van der Waals surface area contributed by atoms with E-state index in [4.69, 9.17) is 9.31 Å². The zero-order chi connectivity index (χ0) is 18.3. The average molecular weight is 360 g/mol. The standard InChI is InChI=1S/C16H20BF3O3S/c1-14(2)15(3,4)23-17(22-14)12(9-24)7-10-5-6-11(8-13(10)21)16(18,19)20/h5-8,21,24H,9H2,1-4H3. The van der Waals surface area contributed by atoms with Crippen LogP contribution in [0.4, 0.5) is 13.2 Å². The molecular weight excluding hydrogens is 340 g/mol. The van der Waals surface area contributed by atoms with Crippen molar-refractivity contribution in [1.29, 1.82) is 0 Å². The van der Waals surface area contributed by atoms with Gasteiger partial charge in [0.2, 0.25) is 0 Å². The molecule has 132 valence electrons. The van der Waals surface area contributed by atoms with Gasteiger partial charge in [0.25, 0.3) is 0 Å². The Balaban J connectivity index is 2.32. The third-order valence-electron chi connectivity index (χ3n) is 4.44. The zero-order valence-electron chi connectivity index (χ0n) is 13.9. The van der Waals surface area contributed by atoms with Crippen LogP contribution in [0.5, 0.6) is 5.75 Å². The van der Waals surface area contributed by atoms with Crippen molar-refractivity contribution in [1.82, 2.24) is 0 Å². The summed E-state index contributed by atoms with van der Waals surface area (Å²) in [7, 11) is -0.672. The highest BCUT2D eigenvalue weighted by Gasteiger charge is 2.52. The largest absolute Gasteiger partial charge is 0.507 e. The first kappa shape index (κ1) is 19.2. The summed E-state index contributed by atoms with van der Waals surface area (Å²) >= 11 is 4.25. The average Bonchev–Trinajstić information content (AvgIpc) is 2.64. The molecule has 0 radical (unpaired) electrons. The molecule has 1 aromatic carbocycles. The van der Waals surface area contributed by atoms with Gasteiger partial charge in [0, 0.05) is 11.3 Å². The van der Waals surface area contributed by atoms with Gasteiger partial charge in [-0.05, 0) is 45.3 Å². The summed E-state index contributed by atoms with van der Waals surface area (Å²) in [5, 5.41) is 9.90. The van der Waals surface area contributed by atoms with Crippen molar-refractivity contribution in [2.24, 2.45) is 0 Å². The predicted octanol–water partition coefficient (Wildman–Crippen LogP) is 4.36. The highest BCUT2D eigenvalue weighted by molar-refractivity contribution is 7.80. The fourth-order valence-electron chi connectivity index (χ4n) is 2.22. The molecule has 1 aliphatic heterocycles. The number of thiol groups is 1. The summed E-state index contributed by atoms with van der Waals surface area (Å²) in [6, 6.07) is 2.84. The summed E-state index contributed by atoms with van der Waals surface area (Å²) in [5.41, 5.74) is -1.11. The van der Waals surface area contributed by atoms with E-state index in [0.29, 0.717) is 11.5 Å². The van der Waals surface area contributed by atoms with Crippen LogP contribution >= 0.6 is 12.6 Å². The number of hydrogen-bond acceptors (Lipinski definition) is 4. The number of phenolic OH excluding ortho intramolecular Hbond substituents is 1. The van der Waals surface area contributed by atoms with Crippen LogP contribution in [0.2, 0.25) is 0 Å². The lowest BCUT2D eigenvalue weighted by molar-refractivity contribution is -0.137. The first-order valence-electron chi connectivity index (χ1n) is 7.44. The number of hydrogen-bond donors (Lipinski definition) is 2. The van der Waals surface area contributed by atoms with Crippen molar-refractivity contribution >= 4 is 25.8 Å². The lowest BCUT2D eigenvalue weighted by atomic mass is 9.78. The van der Waals surface area contributed by atoms with Gasteiger partial charge in [-0.1, -0.05) is 12.1 Å². The van der Waals surface area contributed by atoms with E-state index in [9.17, 15) is 18.3 Å². The number of benzene rings is 1. The second-order valence-electron chi connectivity index (χ2n) is 6.74. The van der Waals surface area contributed by atoms with Gasteiger partial charge in [0.15, 0.2) is 0 Å². The first-order valence-corrected chi connectivity index (χ1v) is 8.08. The lowest BCUT2D eigenvalue weighted by Crippen LogP contribution is -2.41. The lowest BCUT2D eigenvalue weighted by Gasteiger charge is -2.32. The monoisotopic (exact) mass is 360 g/mol. The van der Waals surface area contributed by atoms with Gasteiger partial charge >= 0.3 is 13.3 Å². The predicted molar refractivity (Wildman–Crippen MR) is 91.0 cm³/mol. The molecule has 3 nitrogen and oxygen atoms in total. The van der Waals surface area contributed by atoms with Crippen molar-refractivity contribution in [3.8, 4) is 5.75 Å². The van der Waals surface area contributed by atoms with Crippen molar-refractivity contribution in [3.05, 3.63) is 34.8 Å². The van der Waals surface area contributed by atoms with Crippen molar-refractivity contribution in [2.75, 3.05) is 5.75 Å². The maximum atomic E-state index is 12.7. The van der Waals surface area contributed by atoms with Gasteiger partial charge < -0.3 is 14.4 Å². The summed E-state index contributed by atoms with van der Waals surface area (Å²) in [6.45, 7) is 7.61. The molecule has 0 atom stereocenters. The van der Waals surface area contributed by atoms with E-state index in [2.05, 4.69) is 12.6 Å². The SMILES string of the molecule is CC1(C)OB(C(=Cc2ccc(C(F)(F)F)cc2O)CS)OC1(C)C. The quantitative estimate of drug-likeness (QED) is 0.622. The molecule has 0 aliphatic carbocycles. The van der Waals surface area contributed by atoms with Gasteiger partial charge in [-0.25, -0.2) is 0 Å². The summed E-state index contributed by atoms with van der Waals surface area (Å²) in [4.78, 5) is 0. The molecule has 1 aliphatic rings. The Kier molecular flexibility index (Phi) is 5.05. The molecule has 1 N–H and O–H groups in total. The second-order valence-corrected chi connectivity index (χ2v) is 7.05. The molecular formula is C16H20BF3O3S. The molecule has 0 saturated carbocycles. The maximum absolute atomic E-state index is 12.7. The molecule has 1 fully saturated rings. The Morgan fingerprint density at radius 2 is 1.75 bits per heavy atom. The van der Waals surface area contributed by atoms with Crippen LogP contribution in [0, 0.1) is 0 Å². The Morgan fingerprint density at radius 3 is 2.17 bits per heavy atom. The van der Waals surface area contributed by atoms with Crippen molar-refractivity contribution in [3.63, 3.8) is 0 Å². The smallest absolute Gasteiger partial charge is 0.491 e. The van der Waals surface area contributed by atoms with Gasteiger partial charge in [0.1, 0.15) is 5.75 Å². The normalized spacial score (nSPS) is 20.5. The minimum Gasteiger partial charge on any atom is -0.507 e. The Bertz CT molecular complexity index is 640. The zero-order valence-corrected chi connectivity index (χ0v) is 14.8. The molecule has 1 saturated heterocycles. The highest BCUT2D eigenvalue weighted by atomic mass is 32.1. The molecule has 0 unspecified atom stereocenters. The molecule has 1 heterocycles. The Labute approximate surface area is 145 Å². The molecule has 0 bridgehead atoms. The van der Waals surface area contributed by atoms with Crippen LogP contribution in [0.1, 0.15) is 38.8 Å². The van der Waals surface area contributed by atoms with Gasteiger partial charge in [-0.15, -0.1) is 0 Å². The van der Waals surface area contributed by atoms with E-state index in [0.717, 1.165) is 6.07 Å². The minimum atomic E-state index is -4.50. The number of rotatable bonds is 3. The van der Waals surface area contributed by atoms with E-state index in [1.807, 2.05) is 27.7 Å². The molecule has 8 heteroatoms. The Morgan fingerprint density at radius 1 is 1.21 bits per heavy atom. The summed E-state index contributed by atoms with van der Waals surface area (Å²) < 4.78 is 49.8. The number of halogens is 3. The number of phenols is 1. The summed E-state index contributed by atoms with van der Waals surface area (Å²) in [6.07, 6.45) is -2.96. The molecule has 0 amide bonds. The molecule has 24 heavy (non-hydrogen) atoms. The van der Waals surface area contributed by atoms with Crippen molar-refractivity contribution < 1.29 is 27.6 Å². The van der Waals surface area contributed by atoms with E-state index in [1.165, 1.54) is 6.07 Å². The van der Waals surface area contributed by atoms with E-state index in [1.54, 1.807) is 6.08 Å². The van der Waals surface area contributed by atoms with Crippen LogP contribution in [0.3, 0.4) is 0 Å². The van der Waals surface area contributed by atoms with Gasteiger partial charge in [0.05, 0.1) is 16.8 Å². The van der Waals surface area contributed by atoms with Gasteiger partial charge in [-0.2, -0.15) is 25.8 Å². The van der Waals surface area contributed by atoms with E-state index < -0.39 is 35.8 Å². The topological polar surface area (TPSA) is 38.7 Å². The fourth-order valence-corrected chi connectivity index (χ4v) is 2.46. The first-order chi connectivity index (χ1) is 10.9. The van der Waals surface area contributed by atoms with Crippen LogP contribution in [0.15, 0.2) is 23.7 Å². The molecule has 2 rings (SSSR count). The third-order valence-corrected chi connectivity index (χ3v) is 4.80. The van der Waals surface area contributed by atoms with E-state index in [-0.39, 0.29) is 11.3 Å². The van der Waals surface area contributed by atoms with Crippen LogP contribution in [-0.4, -0.2) is 29.2 Å². The molecule has 1 aromatic rings. The number of alkyl halides is 3. The van der Waals surface area contributed by atoms with Crippen LogP contribution < -0.4 is 0 Å². The Hall–Kier alpha value is -1.12. The maximum Gasteiger partial charge on any atom is 0.491 e. The summed E-state index contributed by atoms with van der Waals surface area (Å²) in [5.74, 6) is -0.183. The fraction of sp³-hybridized carbons (Fsp3) is 0.500. The third kappa shape index (κ3) is 3.76. The molecule has 0 spiro atoms. The molecule has 0 aromatic heterocycles. The van der Waals surface area contributed by atoms with Crippen LogP contribution in [-0.2, 0) is 15.5 Å². The van der Waals surface area contributed by atoms with Gasteiger partial charge in [-0.3, -0.25) is 0 Å². The minimum absolute atomic E-state index is 0.252. The second kappa shape index (κ2) is 6.31. The van der Waals surface area contributed by atoms with E-state index >= 15 is 0 Å². The van der Waals surface area contributed by atoms with Crippen LogP contribution in [0.25, 0.3) is 6.08 Å².